The monoisotopic (exact) mass is 423 g/mol. The normalized spacial score (nSPS) is 17.2. The quantitative estimate of drug-likeness (QED) is 0.737. The van der Waals surface area contributed by atoms with Gasteiger partial charge >= 0.3 is 0 Å². The predicted molar refractivity (Wildman–Crippen MR) is 123 cm³/mol. The van der Waals surface area contributed by atoms with Crippen LogP contribution in [0.25, 0.3) is 0 Å². The maximum Gasteiger partial charge on any atom is 0.255 e. The number of rotatable bonds is 7. The average molecular weight is 424 g/mol. The van der Waals surface area contributed by atoms with Crippen molar-refractivity contribution in [3.05, 3.63) is 53.1 Å². The molecule has 1 N–H and O–H groups in total. The van der Waals surface area contributed by atoms with Crippen LogP contribution in [0, 0.1) is 0 Å². The van der Waals surface area contributed by atoms with Crippen LogP contribution in [0.2, 0.25) is 0 Å². The molecule has 2 aromatic rings. The number of piperidine rings is 1. The number of hydrogen-bond donors (Lipinski definition) is 1. The number of hydrogen-bond acceptors (Lipinski definition) is 5. The van der Waals surface area contributed by atoms with Crippen molar-refractivity contribution in [3.8, 4) is 11.5 Å². The van der Waals surface area contributed by atoms with Gasteiger partial charge in [-0.1, -0.05) is 24.6 Å². The van der Waals surface area contributed by atoms with Gasteiger partial charge in [0.15, 0.2) is 11.5 Å². The number of fused-ring (bicyclic) bond motifs is 1. The van der Waals surface area contributed by atoms with Crippen molar-refractivity contribution in [2.45, 2.75) is 31.7 Å². The van der Waals surface area contributed by atoms with Crippen molar-refractivity contribution in [1.29, 1.82) is 0 Å². The van der Waals surface area contributed by atoms with Crippen LogP contribution in [0.15, 0.2) is 36.4 Å². The van der Waals surface area contributed by atoms with Gasteiger partial charge in [0.05, 0.1) is 25.8 Å². The van der Waals surface area contributed by atoms with Gasteiger partial charge in [0, 0.05) is 25.8 Å². The summed E-state index contributed by atoms with van der Waals surface area (Å²) < 4.78 is 10.8. The van der Waals surface area contributed by atoms with E-state index in [1.54, 1.807) is 26.4 Å². The number of nitrogens with zero attached hydrogens (tertiary/aromatic N) is 2. The number of likely N-dealkylation sites (N-methyl/N-ethyl adjacent to an activating group) is 1. The SMILES string of the molecule is COc1cccc(C(=O)NCC(c2ccc3c(c2)CCN3C)N2CCCCC2)c1OC. The summed E-state index contributed by atoms with van der Waals surface area (Å²) in [4.78, 5) is 17.9. The van der Waals surface area contributed by atoms with Crippen LogP contribution in [0.1, 0.15) is 46.8 Å². The van der Waals surface area contributed by atoms with E-state index in [4.69, 9.17) is 9.47 Å². The van der Waals surface area contributed by atoms with Gasteiger partial charge in [-0.3, -0.25) is 9.69 Å². The summed E-state index contributed by atoms with van der Waals surface area (Å²) in [6, 6.07) is 12.4. The molecule has 2 aliphatic heterocycles. The van der Waals surface area contributed by atoms with E-state index >= 15 is 0 Å². The first kappa shape index (κ1) is 21.5. The number of methoxy groups -OCH3 is 2. The number of amides is 1. The third-order valence-corrected chi connectivity index (χ3v) is 6.55. The summed E-state index contributed by atoms with van der Waals surface area (Å²) in [5.74, 6) is 0.890. The number of nitrogens with one attached hydrogen (secondary N) is 1. The molecule has 0 aromatic heterocycles. The molecule has 0 radical (unpaired) electrons. The Bertz CT molecular complexity index is 924. The van der Waals surface area contributed by atoms with Crippen molar-refractivity contribution in [3.63, 3.8) is 0 Å². The summed E-state index contributed by atoms with van der Waals surface area (Å²) >= 11 is 0. The Labute approximate surface area is 185 Å². The maximum absolute atomic E-state index is 13.1. The largest absolute Gasteiger partial charge is 0.493 e. The van der Waals surface area contributed by atoms with Crippen LogP contribution in [-0.4, -0.2) is 58.3 Å². The summed E-state index contributed by atoms with van der Waals surface area (Å²) in [7, 11) is 5.29. The number of carbonyl (C=O) groups is 1. The van der Waals surface area contributed by atoms with E-state index in [9.17, 15) is 4.79 Å². The lowest BCUT2D eigenvalue weighted by Gasteiger charge is -2.35. The smallest absolute Gasteiger partial charge is 0.255 e. The van der Waals surface area contributed by atoms with Crippen molar-refractivity contribution in [1.82, 2.24) is 10.2 Å². The third-order valence-electron chi connectivity index (χ3n) is 6.55. The minimum absolute atomic E-state index is 0.140. The fourth-order valence-electron chi connectivity index (χ4n) is 4.83. The van der Waals surface area contributed by atoms with Crippen LogP contribution in [0.4, 0.5) is 5.69 Å². The molecule has 2 aromatic carbocycles. The maximum atomic E-state index is 13.1. The first-order valence-electron chi connectivity index (χ1n) is 11.2. The molecule has 166 valence electrons. The van der Waals surface area contributed by atoms with Crippen LogP contribution in [0.3, 0.4) is 0 Å². The number of anilines is 1. The van der Waals surface area contributed by atoms with Crippen molar-refractivity contribution < 1.29 is 14.3 Å². The van der Waals surface area contributed by atoms with Crippen LogP contribution < -0.4 is 19.7 Å². The number of likely N-dealkylation sites (tertiary alicyclic amines) is 1. The lowest BCUT2D eigenvalue weighted by molar-refractivity contribution is 0.0921. The van der Waals surface area contributed by atoms with E-state index < -0.39 is 0 Å². The number of benzene rings is 2. The standard InChI is InChI=1S/C25H33N3O3/c1-27-15-12-19-16-18(10-11-21(19)27)22(28-13-5-4-6-14-28)17-26-25(29)20-8-7-9-23(30-2)24(20)31-3/h7-11,16,22H,4-6,12-15,17H2,1-3H3,(H,26,29). The van der Waals surface area contributed by atoms with Gasteiger partial charge in [-0.15, -0.1) is 0 Å². The minimum Gasteiger partial charge on any atom is -0.493 e. The van der Waals surface area contributed by atoms with E-state index in [0.717, 1.165) is 26.1 Å². The van der Waals surface area contributed by atoms with Gasteiger partial charge in [-0.25, -0.2) is 0 Å². The lowest BCUT2D eigenvalue weighted by Crippen LogP contribution is -2.40. The molecular weight excluding hydrogens is 390 g/mol. The van der Waals surface area contributed by atoms with Gasteiger partial charge < -0.3 is 19.7 Å². The highest BCUT2D eigenvalue weighted by atomic mass is 16.5. The average Bonchev–Trinajstić information content (AvgIpc) is 3.19. The zero-order valence-electron chi connectivity index (χ0n) is 18.8. The highest BCUT2D eigenvalue weighted by molar-refractivity contribution is 5.97. The first-order valence-corrected chi connectivity index (χ1v) is 11.2. The molecule has 0 spiro atoms. The van der Waals surface area contributed by atoms with E-state index in [0.29, 0.717) is 23.6 Å². The van der Waals surface area contributed by atoms with Crippen LogP contribution in [0.5, 0.6) is 11.5 Å². The molecule has 1 fully saturated rings. The topological polar surface area (TPSA) is 54.0 Å². The second-order valence-corrected chi connectivity index (χ2v) is 8.42. The molecule has 6 heteroatoms. The molecule has 0 aliphatic carbocycles. The second-order valence-electron chi connectivity index (χ2n) is 8.42. The molecule has 0 bridgehead atoms. The van der Waals surface area contributed by atoms with Gasteiger partial charge in [0.1, 0.15) is 0 Å². The number of ether oxygens (including phenoxy) is 2. The minimum atomic E-state index is -0.140. The highest BCUT2D eigenvalue weighted by Gasteiger charge is 2.26. The highest BCUT2D eigenvalue weighted by Crippen LogP contribution is 2.33. The predicted octanol–water partition coefficient (Wildman–Crippen LogP) is 3.65. The summed E-state index contributed by atoms with van der Waals surface area (Å²) in [5.41, 5.74) is 4.51. The zero-order chi connectivity index (χ0) is 21.8. The molecule has 1 saturated heterocycles. The Morgan fingerprint density at radius 3 is 2.61 bits per heavy atom. The number of carbonyl (C=O) groups excluding carboxylic acids is 1. The summed E-state index contributed by atoms with van der Waals surface area (Å²) in [6.07, 6.45) is 4.79. The van der Waals surface area contributed by atoms with E-state index in [1.165, 1.54) is 36.1 Å². The van der Waals surface area contributed by atoms with Crippen molar-refractivity contribution >= 4 is 11.6 Å². The molecule has 0 saturated carbocycles. The molecule has 6 nitrogen and oxygen atoms in total. The lowest BCUT2D eigenvalue weighted by atomic mass is 9.98. The Morgan fingerprint density at radius 1 is 1.06 bits per heavy atom. The Morgan fingerprint density at radius 2 is 1.87 bits per heavy atom. The van der Waals surface area contributed by atoms with Gasteiger partial charge in [-0.05, 0) is 61.7 Å². The Kier molecular flexibility index (Phi) is 6.66. The zero-order valence-corrected chi connectivity index (χ0v) is 18.8. The first-order chi connectivity index (χ1) is 15.1. The molecule has 2 heterocycles. The van der Waals surface area contributed by atoms with E-state index in [-0.39, 0.29) is 11.9 Å². The second kappa shape index (κ2) is 9.60. The van der Waals surface area contributed by atoms with E-state index in [1.807, 2.05) is 6.07 Å². The molecule has 31 heavy (non-hydrogen) atoms. The van der Waals surface area contributed by atoms with Gasteiger partial charge in [-0.2, -0.15) is 0 Å². The van der Waals surface area contributed by atoms with Crippen LogP contribution >= 0.6 is 0 Å². The van der Waals surface area contributed by atoms with E-state index in [2.05, 4.69) is 40.4 Å². The third kappa shape index (κ3) is 4.49. The molecule has 1 amide bonds. The fourth-order valence-corrected chi connectivity index (χ4v) is 4.83. The van der Waals surface area contributed by atoms with Crippen molar-refractivity contribution in [2.75, 3.05) is 52.3 Å². The summed E-state index contributed by atoms with van der Waals surface area (Å²) in [5, 5.41) is 3.17. The molecule has 1 unspecified atom stereocenters. The Balaban J connectivity index is 1.55. The summed E-state index contributed by atoms with van der Waals surface area (Å²) in [6.45, 7) is 3.77. The molecular formula is C25H33N3O3. The number of para-hydroxylation sites is 1. The van der Waals surface area contributed by atoms with Gasteiger partial charge in [0.25, 0.3) is 5.91 Å². The molecule has 1 atom stereocenters. The molecule has 2 aliphatic rings. The Hall–Kier alpha value is -2.73. The molecule has 4 rings (SSSR count). The fraction of sp³-hybridized carbons (Fsp3) is 0.480. The van der Waals surface area contributed by atoms with Crippen molar-refractivity contribution in [2.24, 2.45) is 0 Å². The van der Waals surface area contributed by atoms with Gasteiger partial charge in [0.2, 0.25) is 0 Å². The van der Waals surface area contributed by atoms with Crippen LogP contribution in [-0.2, 0) is 6.42 Å².